The van der Waals surface area contributed by atoms with Crippen molar-refractivity contribution in [1.29, 1.82) is 0 Å². The summed E-state index contributed by atoms with van der Waals surface area (Å²) in [6.45, 7) is 2.91. The maximum absolute atomic E-state index is 11.5. The molecule has 0 aliphatic carbocycles. The van der Waals surface area contributed by atoms with E-state index in [0.717, 1.165) is 29.1 Å². The van der Waals surface area contributed by atoms with Crippen molar-refractivity contribution >= 4 is 33.3 Å². The molecule has 1 atom stereocenters. The lowest BCUT2D eigenvalue weighted by molar-refractivity contribution is -0.870. The van der Waals surface area contributed by atoms with Gasteiger partial charge in [-0.25, -0.2) is 4.79 Å². The van der Waals surface area contributed by atoms with E-state index in [-0.39, 0.29) is 20.8 Å². The Labute approximate surface area is 186 Å². The molecule has 2 heterocycles. The molecule has 1 aromatic heterocycles. The van der Waals surface area contributed by atoms with E-state index in [1.807, 2.05) is 21.6 Å². The van der Waals surface area contributed by atoms with Crippen molar-refractivity contribution in [3.8, 4) is 0 Å². The number of aromatic nitrogens is 1. The molecular weight excluding hydrogens is 404 g/mol. The third kappa shape index (κ3) is 16.4. The monoisotopic (exact) mass is 445 g/mol. The second-order valence-corrected chi connectivity index (χ2v) is 10.5. The zero-order valence-corrected chi connectivity index (χ0v) is 18.6. The number of ketones is 1. The number of unbranched alkanes of at least 4 members (excludes halogenated alkanes) is 1. The first-order chi connectivity index (χ1) is 12.8. The van der Waals surface area contributed by atoms with Crippen LogP contribution in [0.1, 0.15) is 64.2 Å². The predicted octanol–water partition coefficient (Wildman–Crippen LogP) is 5.51. The zero-order chi connectivity index (χ0) is 20.1. The molecule has 0 N–H and O–H groups in total. The molecule has 1 aliphatic heterocycles. The van der Waals surface area contributed by atoms with Crippen molar-refractivity contribution in [1.82, 2.24) is 4.98 Å². The molecule has 0 radical (unpaired) electrons. The SMILES string of the molecule is C.C.CC(=O)CCCCC1CCSS1.C[N+](C)(C)CCOC(=O)c1cccnc1. The van der Waals surface area contributed by atoms with E-state index >= 15 is 0 Å². The standard InChI is InChI=1S/C11H17N2O2.C9H16OS2.2CH4/c1-13(2,3)7-8-15-11(14)10-5-4-6-12-9-10;1-8(10)4-2-3-5-9-6-7-11-12-9;;/h4-6,9H,7-8H2,1-3H3;9H,2-7H2,1H3;2*1H4/q+1;;;. The molecule has 1 aromatic rings. The molecule has 29 heavy (non-hydrogen) atoms. The lowest BCUT2D eigenvalue weighted by Crippen LogP contribution is -2.38. The van der Waals surface area contributed by atoms with Crippen LogP contribution in [-0.4, -0.2) is 66.5 Å². The molecule has 0 saturated carbocycles. The highest BCUT2D eigenvalue weighted by Crippen LogP contribution is 2.39. The fraction of sp³-hybridized carbons (Fsp3) is 0.682. The summed E-state index contributed by atoms with van der Waals surface area (Å²) < 4.78 is 5.89. The van der Waals surface area contributed by atoms with Crippen LogP contribution < -0.4 is 0 Å². The summed E-state index contributed by atoms with van der Waals surface area (Å²) >= 11 is 0. The van der Waals surface area contributed by atoms with Crippen LogP contribution in [0, 0.1) is 0 Å². The van der Waals surface area contributed by atoms with Gasteiger partial charge in [-0.1, -0.05) is 42.9 Å². The number of nitrogens with zero attached hydrogens (tertiary/aromatic N) is 2. The summed E-state index contributed by atoms with van der Waals surface area (Å²) in [5.41, 5.74) is 0.499. The molecule has 0 spiro atoms. The van der Waals surface area contributed by atoms with E-state index in [9.17, 15) is 9.59 Å². The normalized spacial score (nSPS) is 15.2. The van der Waals surface area contributed by atoms with Gasteiger partial charge < -0.3 is 14.0 Å². The van der Waals surface area contributed by atoms with Crippen LogP contribution in [0.15, 0.2) is 24.5 Å². The Morgan fingerprint density at radius 1 is 1.24 bits per heavy atom. The maximum Gasteiger partial charge on any atom is 0.339 e. The molecule has 0 amide bonds. The number of hydrogen-bond donors (Lipinski definition) is 0. The minimum Gasteiger partial charge on any atom is -0.456 e. The average molecular weight is 446 g/mol. The number of pyridine rings is 1. The molecule has 1 saturated heterocycles. The van der Waals surface area contributed by atoms with Gasteiger partial charge in [0.15, 0.2) is 0 Å². The predicted molar refractivity (Wildman–Crippen MR) is 128 cm³/mol. The highest BCUT2D eigenvalue weighted by atomic mass is 33.1. The van der Waals surface area contributed by atoms with Gasteiger partial charge in [-0.3, -0.25) is 4.98 Å². The van der Waals surface area contributed by atoms with Crippen molar-refractivity contribution in [3.05, 3.63) is 30.1 Å². The van der Waals surface area contributed by atoms with Gasteiger partial charge in [-0.2, -0.15) is 0 Å². The van der Waals surface area contributed by atoms with E-state index in [0.29, 0.717) is 18.0 Å². The molecule has 1 aliphatic rings. The van der Waals surface area contributed by atoms with Gasteiger partial charge in [0, 0.05) is 29.8 Å². The lowest BCUT2D eigenvalue weighted by Gasteiger charge is -2.23. The van der Waals surface area contributed by atoms with E-state index in [2.05, 4.69) is 26.1 Å². The van der Waals surface area contributed by atoms with Crippen molar-refractivity contribution in [2.24, 2.45) is 0 Å². The Kier molecular flexibility index (Phi) is 17.4. The lowest BCUT2D eigenvalue weighted by atomic mass is 10.1. The molecule has 0 aromatic carbocycles. The molecule has 0 bridgehead atoms. The number of Topliss-reactive ketones (excluding diaryl/α,β-unsaturated/α-hetero) is 1. The molecule has 1 fully saturated rings. The smallest absolute Gasteiger partial charge is 0.339 e. The van der Waals surface area contributed by atoms with Crippen LogP contribution in [0.2, 0.25) is 0 Å². The molecule has 168 valence electrons. The topological polar surface area (TPSA) is 56.3 Å². The Hall–Kier alpha value is -1.05. The Morgan fingerprint density at radius 3 is 2.48 bits per heavy atom. The van der Waals surface area contributed by atoms with Crippen molar-refractivity contribution < 1.29 is 18.8 Å². The van der Waals surface area contributed by atoms with E-state index in [1.165, 1.54) is 31.2 Å². The van der Waals surface area contributed by atoms with Gasteiger partial charge in [0.1, 0.15) is 18.9 Å². The van der Waals surface area contributed by atoms with Gasteiger partial charge >= 0.3 is 5.97 Å². The maximum atomic E-state index is 11.5. The van der Waals surface area contributed by atoms with Gasteiger partial charge in [0.2, 0.25) is 0 Å². The number of likely N-dealkylation sites (N-methyl/N-ethyl adjacent to an activating group) is 1. The Morgan fingerprint density at radius 2 is 1.97 bits per heavy atom. The summed E-state index contributed by atoms with van der Waals surface area (Å²) in [5.74, 6) is 1.35. The Bertz CT molecular complexity index is 557. The summed E-state index contributed by atoms with van der Waals surface area (Å²) in [7, 11) is 10.2. The highest BCUT2D eigenvalue weighted by Gasteiger charge is 2.15. The molecule has 2 rings (SSSR count). The first kappa shape index (κ1) is 30.1. The number of quaternary nitrogens is 1. The van der Waals surface area contributed by atoms with Gasteiger partial charge in [0.25, 0.3) is 0 Å². The summed E-state index contributed by atoms with van der Waals surface area (Å²) in [4.78, 5) is 25.9. The highest BCUT2D eigenvalue weighted by molar-refractivity contribution is 8.77. The first-order valence-electron chi connectivity index (χ1n) is 9.43. The second-order valence-electron chi connectivity index (χ2n) is 7.67. The quantitative estimate of drug-likeness (QED) is 0.216. The third-order valence-corrected chi connectivity index (χ3v) is 6.93. The summed E-state index contributed by atoms with van der Waals surface area (Å²) in [6, 6.07) is 3.41. The van der Waals surface area contributed by atoms with Crippen LogP contribution in [-0.2, 0) is 9.53 Å². The van der Waals surface area contributed by atoms with Crippen LogP contribution in [0.3, 0.4) is 0 Å². The number of ether oxygens (including phenoxy) is 1. The third-order valence-electron chi connectivity index (χ3n) is 3.92. The number of carbonyl (C=O) groups is 2. The first-order valence-corrected chi connectivity index (χ1v) is 11.8. The summed E-state index contributed by atoms with van der Waals surface area (Å²) in [5, 5.41) is 0.877. The van der Waals surface area contributed by atoms with E-state index in [4.69, 9.17) is 4.74 Å². The molecule has 5 nitrogen and oxygen atoms in total. The minimum atomic E-state index is -0.309. The van der Waals surface area contributed by atoms with E-state index in [1.54, 1.807) is 25.3 Å². The Balaban J connectivity index is 0. The van der Waals surface area contributed by atoms with Crippen LogP contribution in [0.25, 0.3) is 0 Å². The molecule has 1 unspecified atom stereocenters. The van der Waals surface area contributed by atoms with Crippen LogP contribution >= 0.6 is 21.6 Å². The van der Waals surface area contributed by atoms with Gasteiger partial charge in [0.05, 0.1) is 26.7 Å². The van der Waals surface area contributed by atoms with E-state index < -0.39 is 0 Å². The minimum absolute atomic E-state index is 0. The van der Waals surface area contributed by atoms with Crippen molar-refractivity contribution in [2.75, 3.05) is 40.0 Å². The fourth-order valence-electron chi connectivity index (χ4n) is 2.29. The van der Waals surface area contributed by atoms with Crippen molar-refractivity contribution in [2.45, 2.75) is 59.1 Å². The van der Waals surface area contributed by atoms with Crippen LogP contribution in [0.5, 0.6) is 0 Å². The van der Waals surface area contributed by atoms with Crippen molar-refractivity contribution in [3.63, 3.8) is 0 Å². The molecule has 7 heteroatoms. The van der Waals surface area contributed by atoms with Crippen LogP contribution in [0.4, 0.5) is 0 Å². The average Bonchev–Trinajstić information content (AvgIpc) is 3.12. The zero-order valence-electron chi connectivity index (χ0n) is 17.0. The van der Waals surface area contributed by atoms with Gasteiger partial charge in [-0.05, 0) is 38.3 Å². The number of carbonyl (C=O) groups excluding carboxylic acids is 2. The number of rotatable bonds is 9. The second kappa shape index (κ2) is 16.7. The van der Waals surface area contributed by atoms with Gasteiger partial charge in [-0.15, -0.1) is 0 Å². The summed E-state index contributed by atoms with van der Waals surface area (Å²) in [6.07, 6.45) is 8.93. The fourth-order valence-corrected chi connectivity index (χ4v) is 5.32. The number of hydrogen-bond acceptors (Lipinski definition) is 6. The molecular formula is C22H41N2O3S2+. The largest absolute Gasteiger partial charge is 0.456 e. The number of esters is 1.